The second kappa shape index (κ2) is 5.44. The van der Waals surface area contributed by atoms with Crippen LogP contribution in [-0.2, 0) is 12.3 Å². The largest absolute Gasteiger partial charge is 0.458 e. The molecular formula is C13H10Cl2N2O3. The normalized spacial score (nSPS) is 12.9. The van der Waals surface area contributed by atoms with E-state index >= 15 is 0 Å². The molecule has 0 aliphatic heterocycles. The number of benzene rings is 1. The van der Waals surface area contributed by atoms with Crippen LogP contribution in [0, 0.1) is 0 Å². The lowest BCUT2D eigenvalue weighted by Crippen LogP contribution is -2.02. The van der Waals surface area contributed by atoms with E-state index in [1.165, 1.54) is 0 Å². The molecule has 7 heteroatoms. The maximum absolute atomic E-state index is 10.1. The van der Waals surface area contributed by atoms with Gasteiger partial charge in [-0.05, 0) is 24.3 Å². The zero-order valence-corrected chi connectivity index (χ0v) is 11.7. The van der Waals surface area contributed by atoms with Gasteiger partial charge in [-0.3, -0.25) is 0 Å². The van der Waals surface area contributed by atoms with Gasteiger partial charge < -0.3 is 14.0 Å². The van der Waals surface area contributed by atoms with Crippen LogP contribution >= 0.6 is 23.2 Å². The molecule has 2 aromatic heterocycles. The van der Waals surface area contributed by atoms with Gasteiger partial charge in [-0.15, -0.1) is 11.6 Å². The van der Waals surface area contributed by atoms with Gasteiger partial charge in [0.05, 0.1) is 0 Å². The van der Waals surface area contributed by atoms with E-state index in [2.05, 4.69) is 10.1 Å². The van der Waals surface area contributed by atoms with Crippen molar-refractivity contribution in [2.45, 2.75) is 18.4 Å². The maximum Gasteiger partial charge on any atom is 0.241 e. The summed E-state index contributed by atoms with van der Waals surface area (Å²) in [6, 6.07) is 7.01. The lowest BCUT2D eigenvalue weighted by atomic mass is 10.2. The van der Waals surface area contributed by atoms with Gasteiger partial charge in [-0.25, -0.2) is 0 Å². The molecule has 20 heavy (non-hydrogen) atoms. The van der Waals surface area contributed by atoms with Crippen molar-refractivity contribution in [2.75, 3.05) is 0 Å². The van der Waals surface area contributed by atoms with Gasteiger partial charge in [-0.2, -0.15) is 4.98 Å². The minimum atomic E-state index is -0.859. The van der Waals surface area contributed by atoms with Crippen molar-refractivity contribution >= 4 is 34.2 Å². The summed E-state index contributed by atoms with van der Waals surface area (Å²) < 4.78 is 10.4. The standard InChI is InChI=1S/C13H10Cl2N2O3/c14-6-13-16-12(17-20-13)5-9(18)11-4-7-3-8(15)1-2-10(7)19-11/h1-4,9,18H,5-6H2/t9-/m0/s1. The number of hydrogen-bond donors (Lipinski definition) is 1. The summed E-state index contributed by atoms with van der Waals surface area (Å²) in [5, 5.41) is 15.3. The highest BCUT2D eigenvalue weighted by molar-refractivity contribution is 6.31. The van der Waals surface area contributed by atoms with Crippen molar-refractivity contribution < 1.29 is 14.0 Å². The number of rotatable bonds is 4. The third kappa shape index (κ3) is 2.65. The molecule has 0 aliphatic carbocycles. The zero-order chi connectivity index (χ0) is 14.1. The molecule has 0 saturated carbocycles. The third-order valence-corrected chi connectivity index (χ3v) is 3.29. The van der Waals surface area contributed by atoms with E-state index in [-0.39, 0.29) is 12.3 Å². The highest BCUT2D eigenvalue weighted by atomic mass is 35.5. The fourth-order valence-electron chi connectivity index (χ4n) is 1.90. The van der Waals surface area contributed by atoms with Gasteiger partial charge in [0, 0.05) is 16.8 Å². The third-order valence-electron chi connectivity index (χ3n) is 2.83. The Labute approximate surface area is 124 Å². The molecule has 3 aromatic rings. The molecule has 1 atom stereocenters. The van der Waals surface area contributed by atoms with Crippen molar-refractivity contribution in [2.24, 2.45) is 0 Å². The number of aliphatic hydroxyl groups excluding tert-OH is 1. The van der Waals surface area contributed by atoms with Crippen molar-refractivity contribution in [3.05, 3.63) is 46.8 Å². The SMILES string of the molecule is O[C@@H](Cc1noc(CCl)n1)c1cc2cc(Cl)ccc2o1. The number of aliphatic hydroxyl groups is 1. The molecule has 104 valence electrons. The number of aromatic nitrogens is 2. The molecule has 0 amide bonds. The smallest absolute Gasteiger partial charge is 0.241 e. The van der Waals surface area contributed by atoms with Gasteiger partial charge in [0.15, 0.2) is 5.82 Å². The summed E-state index contributed by atoms with van der Waals surface area (Å²) in [5.74, 6) is 1.28. The van der Waals surface area contributed by atoms with Crippen LogP contribution in [-0.4, -0.2) is 15.2 Å². The second-order valence-electron chi connectivity index (χ2n) is 4.29. The van der Waals surface area contributed by atoms with E-state index in [0.29, 0.717) is 28.1 Å². The Balaban J connectivity index is 1.82. The first kappa shape index (κ1) is 13.4. The first-order chi connectivity index (χ1) is 9.65. The average Bonchev–Trinajstić information content (AvgIpc) is 3.04. The van der Waals surface area contributed by atoms with E-state index in [0.717, 1.165) is 5.39 Å². The van der Waals surface area contributed by atoms with Gasteiger partial charge in [0.25, 0.3) is 0 Å². The van der Waals surface area contributed by atoms with Crippen LogP contribution in [0.5, 0.6) is 0 Å². The summed E-state index contributed by atoms with van der Waals surface area (Å²) in [7, 11) is 0. The topological polar surface area (TPSA) is 72.3 Å². The number of furan rings is 1. The lowest BCUT2D eigenvalue weighted by molar-refractivity contribution is 0.149. The molecule has 0 saturated heterocycles. The number of nitrogens with zero attached hydrogens (tertiary/aromatic N) is 2. The summed E-state index contributed by atoms with van der Waals surface area (Å²) in [6.07, 6.45) is -0.671. The minimum Gasteiger partial charge on any atom is -0.458 e. The van der Waals surface area contributed by atoms with Crippen LogP contribution < -0.4 is 0 Å². The molecule has 0 aliphatic rings. The monoisotopic (exact) mass is 312 g/mol. The molecule has 0 bridgehead atoms. The quantitative estimate of drug-likeness (QED) is 0.747. The summed E-state index contributed by atoms with van der Waals surface area (Å²) in [6.45, 7) is 0. The molecular weight excluding hydrogens is 303 g/mol. The number of hydrogen-bond acceptors (Lipinski definition) is 5. The fourth-order valence-corrected chi connectivity index (χ4v) is 2.19. The van der Waals surface area contributed by atoms with Crippen LogP contribution in [0.25, 0.3) is 11.0 Å². The molecule has 0 spiro atoms. The van der Waals surface area contributed by atoms with Crippen LogP contribution in [0.3, 0.4) is 0 Å². The Hall–Kier alpha value is -1.56. The van der Waals surface area contributed by atoms with Crippen molar-refractivity contribution in [3.8, 4) is 0 Å². The Kier molecular flexibility index (Phi) is 3.65. The molecule has 1 aromatic carbocycles. The minimum absolute atomic E-state index is 0.145. The van der Waals surface area contributed by atoms with E-state index in [9.17, 15) is 5.11 Å². The first-order valence-electron chi connectivity index (χ1n) is 5.90. The maximum atomic E-state index is 10.1. The Morgan fingerprint density at radius 2 is 2.15 bits per heavy atom. The zero-order valence-electron chi connectivity index (χ0n) is 10.2. The van der Waals surface area contributed by atoms with Crippen molar-refractivity contribution in [3.63, 3.8) is 0 Å². The Morgan fingerprint density at radius 1 is 1.30 bits per heavy atom. The number of halogens is 2. The van der Waals surface area contributed by atoms with E-state index in [1.807, 2.05) is 0 Å². The van der Waals surface area contributed by atoms with Gasteiger partial charge >= 0.3 is 0 Å². The number of alkyl halides is 1. The van der Waals surface area contributed by atoms with E-state index < -0.39 is 6.10 Å². The van der Waals surface area contributed by atoms with Crippen LogP contribution in [0.15, 0.2) is 33.2 Å². The second-order valence-corrected chi connectivity index (χ2v) is 4.99. The van der Waals surface area contributed by atoms with Crippen LogP contribution in [0.1, 0.15) is 23.6 Å². The highest BCUT2D eigenvalue weighted by Gasteiger charge is 2.17. The molecule has 0 fully saturated rings. The highest BCUT2D eigenvalue weighted by Crippen LogP contribution is 2.27. The summed E-state index contributed by atoms with van der Waals surface area (Å²) in [4.78, 5) is 4.03. The molecule has 3 rings (SSSR count). The molecule has 0 radical (unpaired) electrons. The molecule has 5 nitrogen and oxygen atoms in total. The molecule has 0 unspecified atom stereocenters. The van der Waals surface area contributed by atoms with E-state index in [4.69, 9.17) is 32.1 Å². The van der Waals surface area contributed by atoms with Crippen LogP contribution in [0.4, 0.5) is 0 Å². The first-order valence-corrected chi connectivity index (χ1v) is 6.81. The molecule has 2 heterocycles. The predicted octanol–water partition coefficient (Wildman–Crippen LogP) is 3.48. The number of fused-ring (bicyclic) bond motifs is 1. The summed E-state index contributed by atoms with van der Waals surface area (Å²) in [5.41, 5.74) is 0.665. The van der Waals surface area contributed by atoms with Crippen molar-refractivity contribution in [1.82, 2.24) is 10.1 Å². The Morgan fingerprint density at radius 3 is 2.90 bits per heavy atom. The lowest BCUT2D eigenvalue weighted by Gasteiger charge is -2.02. The average molecular weight is 313 g/mol. The van der Waals surface area contributed by atoms with Gasteiger partial charge in [-0.1, -0.05) is 16.8 Å². The molecule has 1 N–H and O–H groups in total. The van der Waals surface area contributed by atoms with Gasteiger partial charge in [0.2, 0.25) is 5.89 Å². The fraction of sp³-hybridized carbons (Fsp3) is 0.231. The predicted molar refractivity (Wildman–Crippen MR) is 73.7 cm³/mol. The summed E-state index contributed by atoms with van der Waals surface area (Å²) >= 11 is 11.5. The Bertz CT molecular complexity index is 738. The van der Waals surface area contributed by atoms with E-state index in [1.54, 1.807) is 24.3 Å². The van der Waals surface area contributed by atoms with Gasteiger partial charge in [0.1, 0.15) is 23.3 Å². The van der Waals surface area contributed by atoms with Crippen LogP contribution in [0.2, 0.25) is 5.02 Å². The van der Waals surface area contributed by atoms with Crippen molar-refractivity contribution in [1.29, 1.82) is 0 Å².